The van der Waals surface area contributed by atoms with Crippen molar-refractivity contribution < 1.29 is 27.5 Å². The lowest BCUT2D eigenvalue weighted by atomic mass is 10.1. The molecule has 3 aromatic rings. The Morgan fingerprint density at radius 3 is 2.58 bits per heavy atom. The van der Waals surface area contributed by atoms with Crippen molar-refractivity contribution >= 4 is 5.91 Å². The van der Waals surface area contributed by atoms with Crippen molar-refractivity contribution in [3.63, 3.8) is 0 Å². The Labute approximate surface area is 179 Å². The van der Waals surface area contributed by atoms with E-state index in [0.29, 0.717) is 31.3 Å². The predicted molar refractivity (Wildman–Crippen MR) is 110 cm³/mol. The molecular formula is C23H25FN2O5. The number of carbonyl (C=O) groups excluding carboxylic acids is 1. The fraction of sp³-hybridized carbons (Fsp3) is 0.348. The first kappa shape index (κ1) is 21.1. The van der Waals surface area contributed by atoms with Gasteiger partial charge in [-0.25, -0.2) is 4.39 Å². The number of ether oxygens (including phenoxy) is 2. The molecule has 8 heteroatoms. The highest BCUT2D eigenvalue weighted by atomic mass is 19.1. The zero-order chi connectivity index (χ0) is 21.6. The minimum atomic E-state index is -0.329. The molecule has 0 saturated carbocycles. The fourth-order valence-corrected chi connectivity index (χ4v) is 3.47. The van der Waals surface area contributed by atoms with E-state index in [9.17, 15) is 9.18 Å². The zero-order valence-corrected chi connectivity index (χ0v) is 17.3. The van der Waals surface area contributed by atoms with Gasteiger partial charge in [-0.05, 0) is 55.5 Å². The average Bonchev–Trinajstić information content (AvgIpc) is 3.43. The van der Waals surface area contributed by atoms with Gasteiger partial charge in [0, 0.05) is 19.6 Å². The second-order valence-electron chi connectivity index (χ2n) is 7.33. The zero-order valence-electron chi connectivity index (χ0n) is 17.3. The largest absolute Gasteiger partial charge is 0.486 e. The molecule has 7 nitrogen and oxygen atoms in total. The van der Waals surface area contributed by atoms with Crippen molar-refractivity contribution in [1.29, 1.82) is 0 Å². The Bertz CT molecular complexity index is 992. The summed E-state index contributed by atoms with van der Waals surface area (Å²) in [6.45, 7) is 5.27. The Hall–Kier alpha value is -3.10. The van der Waals surface area contributed by atoms with Gasteiger partial charge >= 0.3 is 0 Å². The molecule has 1 aromatic carbocycles. The summed E-state index contributed by atoms with van der Waals surface area (Å²) in [4.78, 5) is 14.9. The summed E-state index contributed by atoms with van der Waals surface area (Å²) < 4.78 is 35.4. The van der Waals surface area contributed by atoms with E-state index in [0.717, 1.165) is 24.6 Å². The second-order valence-corrected chi connectivity index (χ2v) is 7.33. The van der Waals surface area contributed by atoms with Gasteiger partial charge in [0.25, 0.3) is 5.91 Å². The third-order valence-corrected chi connectivity index (χ3v) is 5.11. The Kier molecular flexibility index (Phi) is 6.69. The number of furan rings is 2. The minimum absolute atomic E-state index is 0.0854. The molecule has 2 aromatic heterocycles. The van der Waals surface area contributed by atoms with E-state index in [-0.39, 0.29) is 30.1 Å². The summed E-state index contributed by atoms with van der Waals surface area (Å²) in [6, 6.07) is 12.8. The maximum Gasteiger partial charge on any atom is 0.287 e. The van der Waals surface area contributed by atoms with Gasteiger partial charge in [-0.1, -0.05) is 0 Å². The van der Waals surface area contributed by atoms with E-state index < -0.39 is 0 Å². The Morgan fingerprint density at radius 1 is 1.10 bits per heavy atom. The van der Waals surface area contributed by atoms with Crippen LogP contribution in [-0.4, -0.2) is 43.7 Å². The molecule has 0 aliphatic carbocycles. The number of aryl methyl sites for hydroxylation is 1. The van der Waals surface area contributed by atoms with E-state index in [4.69, 9.17) is 18.3 Å². The summed E-state index contributed by atoms with van der Waals surface area (Å²) >= 11 is 0. The van der Waals surface area contributed by atoms with Crippen LogP contribution in [0.4, 0.5) is 4.39 Å². The summed E-state index contributed by atoms with van der Waals surface area (Å²) in [5.41, 5.74) is 0. The van der Waals surface area contributed by atoms with E-state index in [2.05, 4.69) is 10.2 Å². The molecule has 1 fully saturated rings. The number of hydrogen-bond donors (Lipinski definition) is 1. The number of halogens is 1. The molecule has 1 aliphatic heterocycles. The van der Waals surface area contributed by atoms with E-state index >= 15 is 0 Å². The average molecular weight is 428 g/mol. The second kappa shape index (κ2) is 9.80. The lowest BCUT2D eigenvalue weighted by Gasteiger charge is -2.33. The number of benzene rings is 1. The standard InChI is InChI=1S/C23H25FN2O5/c1-16-2-8-21(30-16)20(26-10-12-28-13-11-26)14-25-23(27)22-9-7-19(31-22)15-29-18-5-3-17(24)4-6-18/h2-9,20H,10-15H2,1H3,(H,25,27). The van der Waals surface area contributed by atoms with E-state index in [1.165, 1.54) is 24.3 Å². The number of carbonyl (C=O) groups is 1. The molecule has 0 radical (unpaired) electrons. The van der Waals surface area contributed by atoms with Crippen LogP contribution in [-0.2, 0) is 11.3 Å². The summed E-state index contributed by atoms with van der Waals surface area (Å²) in [7, 11) is 0. The van der Waals surface area contributed by atoms with Crippen molar-refractivity contribution in [2.75, 3.05) is 32.8 Å². The quantitative estimate of drug-likeness (QED) is 0.590. The van der Waals surface area contributed by atoms with Crippen molar-refractivity contribution in [1.82, 2.24) is 10.2 Å². The molecule has 3 heterocycles. The number of morpholine rings is 1. The Morgan fingerprint density at radius 2 is 1.87 bits per heavy atom. The van der Waals surface area contributed by atoms with E-state index in [1.807, 2.05) is 19.1 Å². The summed E-state index contributed by atoms with van der Waals surface area (Å²) in [5, 5.41) is 2.94. The molecule has 1 N–H and O–H groups in total. The number of amides is 1. The van der Waals surface area contributed by atoms with Gasteiger partial charge in [0.15, 0.2) is 5.76 Å². The van der Waals surface area contributed by atoms with Crippen molar-refractivity contribution in [3.05, 3.63) is 77.4 Å². The van der Waals surface area contributed by atoms with Crippen LogP contribution in [0.2, 0.25) is 0 Å². The lowest BCUT2D eigenvalue weighted by molar-refractivity contribution is 0.0116. The van der Waals surface area contributed by atoms with Gasteiger partial charge in [-0.15, -0.1) is 0 Å². The summed E-state index contributed by atoms with van der Waals surface area (Å²) in [5.74, 6) is 2.23. The molecule has 0 spiro atoms. The molecule has 1 aliphatic rings. The van der Waals surface area contributed by atoms with Crippen LogP contribution in [0.1, 0.15) is 33.9 Å². The van der Waals surface area contributed by atoms with Gasteiger partial charge < -0.3 is 23.6 Å². The molecule has 164 valence electrons. The minimum Gasteiger partial charge on any atom is -0.486 e. The number of nitrogens with zero attached hydrogens (tertiary/aromatic N) is 1. The summed E-state index contributed by atoms with van der Waals surface area (Å²) in [6.07, 6.45) is 0. The lowest BCUT2D eigenvalue weighted by Crippen LogP contribution is -2.43. The molecule has 1 amide bonds. The monoisotopic (exact) mass is 428 g/mol. The molecule has 0 bridgehead atoms. The van der Waals surface area contributed by atoms with Crippen LogP contribution in [0.3, 0.4) is 0 Å². The van der Waals surface area contributed by atoms with Gasteiger partial charge in [-0.3, -0.25) is 9.69 Å². The third kappa shape index (κ3) is 5.53. The number of hydrogen-bond acceptors (Lipinski definition) is 6. The first-order chi connectivity index (χ1) is 15.1. The highest BCUT2D eigenvalue weighted by Gasteiger charge is 2.26. The van der Waals surface area contributed by atoms with Gasteiger partial charge in [0.2, 0.25) is 0 Å². The SMILES string of the molecule is Cc1ccc(C(CNC(=O)c2ccc(COc3ccc(F)cc3)o2)N2CCOCC2)o1. The predicted octanol–water partition coefficient (Wildman–Crippen LogP) is 3.70. The van der Waals surface area contributed by atoms with Crippen LogP contribution in [0, 0.1) is 12.7 Å². The van der Waals surface area contributed by atoms with Crippen molar-refractivity contribution in [2.24, 2.45) is 0 Å². The topological polar surface area (TPSA) is 77.1 Å². The normalized spacial score (nSPS) is 15.5. The number of rotatable bonds is 8. The maximum absolute atomic E-state index is 13.0. The van der Waals surface area contributed by atoms with Gasteiger partial charge in [-0.2, -0.15) is 0 Å². The molecule has 1 saturated heterocycles. The van der Waals surface area contributed by atoms with Crippen molar-refractivity contribution in [2.45, 2.75) is 19.6 Å². The molecule has 1 atom stereocenters. The molecule has 4 rings (SSSR count). The highest BCUT2D eigenvalue weighted by molar-refractivity contribution is 5.91. The van der Waals surface area contributed by atoms with Gasteiger partial charge in [0.1, 0.15) is 35.5 Å². The fourth-order valence-electron chi connectivity index (χ4n) is 3.47. The number of nitrogens with one attached hydrogen (secondary N) is 1. The smallest absolute Gasteiger partial charge is 0.287 e. The highest BCUT2D eigenvalue weighted by Crippen LogP contribution is 2.23. The molecular weight excluding hydrogens is 403 g/mol. The third-order valence-electron chi connectivity index (χ3n) is 5.11. The van der Waals surface area contributed by atoms with Crippen LogP contribution in [0.25, 0.3) is 0 Å². The van der Waals surface area contributed by atoms with Crippen LogP contribution in [0.5, 0.6) is 5.75 Å². The van der Waals surface area contributed by atoms with Gasteiger partial charge in [0.05, 0.1) is 19.3 Å². The van der Waals surface area contributed by atoms with Crippen LogP contribution in [0.15, 0.2) is 57.4 Å². The van der Waals surface area contributed by atoms with Crippen LogP contribution >= 0.6 is 0 Å². The molecule has 1 unspecified atom stereocenters. The van der Waals surface area contributed by atoms with Crippen molar-refractivity contribution in [3.8, 4) is 5.75 Å². The van der Waals surface area contributed by atoms with E-state index in [1.54, 1.807) is 12.1 Å². The molecule has 31 heavy (non-hydrogen) atoms. The first-order valence-electron chi connectivity index (χ1n) is 10.2. The Balaban J connectivity index is 1.35. The van der Waals surface area contributed by atoms with Crippen LogP contribution < -0.4 is 10.1 Å². The maximum atomic E-state index is 13.0. The first-order valence-corrected chi connectivity index (χ1v) is 10.2.